The van der Waals surface area contributed by atoms with Crippen LogP contribution in [0.2, 0.25) is 0 Å². The summed E-state index contributed by atoms with van der Waals surface area (Å²) in [4.78, 5) is 14.8. The van der Waals surface area contributed by atoms with Crippen LogP contribution in [0, 0.1) is 0 Å². The molecule has 0 aromatic carbocycles. The van der Waals surface area contributed by atoms with Crippen LogP contribution >= 0.6 is 0 Å². The molecule has 0 unspecified atom stereocenters. The van der Waals surface area contributed by atoms with E-state index in [0.717, 1.165) is 6.26 Å². The SMILES string of the molecule is C=COC(=O)c1nc(N)cn1C. The van der Waals surface area contributed by atoms with Crippen LogP contribution in [0.1, 0.15) is 10.6 Å². The fourth-order valence-corrected chi connectivity index (χ4v) is 0.808. The van der Waals surface area contributed by atoms with Gasteiger partial charge in [0.15, 0.2) is 0 Å². The molecular weight excluding hydrogens is 158 g/mol. The molecular formula is C7H9N3O2. The summed E-state index contributed by atoms with van der Waals surface area (Å²) in [5, 5.41) is 0. The molecule has 0 saturated carbocycles. The third kappa shape index (κ3) is 1.45. The van der Waals surface area contributed by atoms with Crippen molar-refractivity contribution >= 4 is 11.8 Å². The molecule has 12 heavy (non-hydrogen) atoms. The predicted molar refractivity (Wildman–Crippen MR) is 43.2 cm³/mol. The molecule has 0 amide bonds. The van der Waals surface area contributed by atoms with Crippen LogP contribution in [0.3, 0.4) is 0 Å². The van der Waals surface area contributed by atoms with Crippen LogP contribution in [0.15, 0.2) is 19.0 Å². The van der Waals surface area contributed by atoms with Crippen molar-refractivity contribution in [2.45, 2.75) is 0 Å². The van der Waals surface area contributed by atoms with Crippen molar-refractivity contribution in [1.29, 1.82) is 0 Å². The third-order valence-corrected chi connectivity index (χ3v) is 1.27. The fourth-order valence-electron chi connectivity index (χ4n) is 0.808. The van der Waals surface area contributed by atoms with E-state index in [1.165, 1.54) is 10.8 Å². The van der Waals surface area contributed by atoms with E-state index in [2.05, 4.69) is 16.3 Å². The molecule has 2 N–H and O–H groups in total. The zero-order chi connectivity index (χ0) is 9.14. The van der Waals surface area contributed by atoms with Crippen molar-refractivity contribution in [3.8, 4) is 0 Å². The summed E-state index contributed by atoms with van der Waals surface area (Å²) in [5.74, 6) is -0.120. The zero-order valence-corrected chi connectivity index (χ0v) is 6.65. The Morgan fingerprint density at radius 2 is 2.58 bits per heavy atom. The lowest BCUT2D eigenvalue weighted by molar-refractivity contribution is 0.0647. The van der Waals surface area contributed by atoms with Gasteiger partial charge in [-0.25, -0.2) is 9.78 Å². The second kappa shape index (κ2) is 3.08. The number of aryl methyl sites for hydroxylation is 1. The first kappa shape index (κ1) is 8.32. The first-order valence-corrected chi connectivity index (χ1v) is 3.26. The Balaban J connectivity index is 2.94. The van der Waals surface area contributed by atoms with E-state index < -0.39 is 5.97 Å². The van der Waals surface area contributed by atoms with Gasteiger partial charge in [0.25, 0.3) is 0 Å². The summed E-state index contributed by atoms with van der Waals surface area (Å²) in [7, 11) is 1.66. The Hall–Kier alpha value is -1.78. The minimum Gasteiger partial charge on any atom is -0.429 e. The predicted octanol–water partition coefficient (Wildman–Crippen LogP) is 0.303. The number of rotatable bonds is 2. The van der Waals surface area contributed by atoms with Crippen molar-refractivity contribution < 1.29 is 9.53 Å². The van der Waals surface area contributed by atoms with Crippen LogP contribution in [0.4, 0.5) is 5.82 Å². The number of ether oxygens (including phenoxy) is 1. The van der Waals surface area contributed by atoms with Gasteiger partial charge in [0.05, 0.1) is 6.26 Å². The fraction of sp³-hybridized carbons (Fsp3) is 0.143. The molecule has 0 aliphatic carbocycles. The summed E-state index contributed by atoms with van der Waals surface area (Å²) in [6, 6.07) is 0. The van der Waals surface area contributed by atoms with Gasteiger partial charge in [0.1, 0.15) is 5.82 Å². The van der Waals surface area contributed by atoms with E-state index >= 15 is 0 Å². The topological polar surface area (TPSA) is 70.1 Å². The maximum atomic E-state index is 11.0. The van der Waals surface area contributed by atoms with Gasteiger partial charge in [-0.15, -0.1) is 0 Å². The zero-order valence-electron chi connectivity index (χ0n) is 6.65. The van der Waals surface area contributed by atoms with E-state index in [4.69, 9.17) is 5.73 Å². The number of carbonyl (C=O) groups is 1. The molecule has 0 bridgehead atoms. The summed E-state index contributed by atoms with van der Waals surface area (Å²) in [6.07, 6.45) is 2.58. The van der Waals surface area contributed by atoms with E-state index in [1.807, 2.05) is 0 Å². The molecule has 1 rings (SSSR count). The largest absolute Gasteiger partial charge is 0.429 e. The van der Waals surface area contributed by atoms with E-state index in [9.17, 15) is 4.79 Å². The molecule has 5 heteroatoms. The van der Waals surface area contributed by atoms with E-state index in [1.54, 1.807) is 7.05 Å². The molecule has 0 atom stereocenters. The first-order valence-electron chi connectivity index (χ1n) is 3.26. The number of hydrogen-bond donors (Lipinski definition) is 1. The highest BCUT2D eigenvalue weighted by Crippen LogP contribution is 2.03. The lowest BCUT2D eigenvalue weighted by Gasteiger charge is -1.96. The molecule has 1 aromatic heterocycles. The number of esters is 1. The number of carbonyl (C=O) groups excluding carboxylic acids is 1. The standard InChI is InChI=1S/C7H9N3O2/c1-3-12-7(11)6-9-5(8)4-10(6)2/h3-4H,1,8H2,2H3. The summed E-state index contributed by atoms with van der Waals surface area (Å²) in [5.41, 5.74) is 5.35. The van der Waals surface area contributed by atoms with Gasteiger partial charge in [-0.05, 0) is 0 Å². The van der Waals surface area contributed by atoms with Crippen LogP contribution in [0.5, 0.6) is 0 Å². The van der Waals surface area contributed by atoms with Crippen LogP contribution in [-0.4, -0.2) is 15.5 Å². The number of aromatic nitrogens is 2. The quantitative estimate of drug-likeness (QED) is 0.508. The molecule has 0 radical (unpaired) electrons. The van der Waals surface area contributed by atoms with Crippen molar-refractivity contribution in [1.82, 2.24) is 9.55 Å². The van der Waals surface area contributed by atoms with E-state index in [-0.39, 0.29) is 11.6 Å². The number of nitrogens with zero attached hydrogens (tertiary/aromatic N) is 2. The lowest BCUT2D eigenvalue weighted by atomic mass is 10.6. The minimum absolute atomic E-state index is 0.160. The normalized spacial score (nSPS) is 9.42. The number of imidazole rings is 1. The molecule has 0 aliphatic rings. The summed E-state index contributed by atoms with van der Waals surface area (Å²) in [6.45, 7) is 3.25. The van der Waals surface area contributed by atoms with Crippen LogP contribution in [-0.2, 0) is 11.8 Å². The average molecular weight is 167 g/mol. The third-order valence-electron chi connectivity index (χ3n) is 1.27. The van der Waals surface area contributed by atoms with Crippen LogP contribution in [0.25, 0.3) is 0 Å². The molecule has 0 fully saturated rings. The second-order valence-corrected chi connectivity index (χ2v) is 2.17. The minimum atomic E-state index is -0.566. The Kier molecular flexibility index (Phi) is 2.14. The molecule has 1 heterocycles. The van der Waals surface area contributed by atoms with Gasteiger partial charge < -0.3 is 15.0 Å². The molecule has 0 saturated heterocycles. The van der Waals surface area contributed by atoms with Gasteiger partial charge in [-0.2, -0.15) is 0 Å². The number of nitrogen functional groups attached to an aromatic ring is 1. The molecule has 64 valence electrons. The maximum absolute atomic E-state index is 11.0. The van der Waals surface area contributed by atoms with Crippen molar-refractivity contribution in [3.63, 3.8) is 0 Å². The summed E-state index contributed by atoms with van der Waals surface area (Å²) < 4.78 is 6.00. The van der Waals surface area contributed by atoms with Gasteiger partial charge in [0, 0.05) is 13.2 Å². The number of hydrogen-bond acceptors (Lipinski definition) is 4. The van der Waals surface area contributed by atoms with Crippen molar-refractivity contribution in [2.24, 2.45) is 7.05 Å². The first-order chi connectivity index (χ1) is 5.65. The molecule has 1 aromatic rings. The highest BCUT2D eigenvalue weighted by atomic mass is 16.5. The Morgan fingerprint density at radius 3 is 3.00 bits per heavy atom. The Morgan fingerprint density at radius 1 is 1.92 bits per heavy atom. The molecule has 0 aliphatic heterocycles. The average Bonchev–Trinajstić information content (AvgIpc) is 2.30. The second-order valence-electron chi connectivity index (χ2n) is 2.17. The highest BCUT2D eigenvalue weighted by Gasteiger charge is 2.12. The van der Waals surface area contributed by atoms with Gasteiger partial charge in [-0.1, -0.05) is 6.58 Å². The highest BCUT2D eigenvalue weighted by molar-refractivity contribution is 5.86. The maximum Gasteiger partial charge on any atom is 0.379 e. The van der Waals surface area contributed by atoms with Crippen LogP contribution < -0.4 is 5.73 Å². The summed E-state index contributed by atoms with van der Waals surface area (Å²) >= 11 is 0. The molecule has 5 nitrogen and oxygen atoms in total. The van der Waals surface area contributed by atoms with Crippen molar-refractivity contribution in [3.05, 3.63) is 24.9 Å². The van der Waals surface area contributed by atoms with Gasteiger partial charge in [0.2, 0.25) is 5.82 Å². The number of anilines is 1. The Bertz CT molecular complexity index is 316. The van der Waals surface area contributed by atoms with E-state index in [0.29, 0.717) is 0 Å². The van der Waals surface area contributed by atoms with Crippen molar-refractivity contribution in [2.75, 3.05) is 5.73 Å². The lowest BCUT2D eigenvalue weighted by Crippen LogP contribution is -2.08. The van der Waals surface area contributed by atoms with Gasteiger partial charge >= 0.3 is 5.97 Å². The van der Waals surface area contributed by atoms with Gasteiger partial charge in [-0.3, -0.25) is 0 Å². The number of nitrogens with two attached hydrogens (primary N) is 1. The Labute approximate surface area is 69.5 Å². The smallest absolute Gasteiger partial charge is 0.379 e. The monoisotopic (exact) mass is 167 g/mol. The molecule has 0 spiro atoms.